The maximum absolute atomic E-state index is 11.6. The standard InChI is InChI=1S/C10H16O2/c1-9(2)7-4-5-10(9,3)8(11)12-6-7/h7H,4-6H2,1-3H3. The molecule has 0 spiro atoms. The first-order valence-corrected chi connectivity index (χ1v) is 4.66. The molecule has 2 nitrogen and oxygen atoms in total. The fraction of sp³-hybridized carbons (Fsp3) is 0.900. The fourth-order valence-corrected chi connectivity index (χ4v) is 2.59. The van der Waals surface area contributed by atoms with Gasteiger partial charge in [-0.1, -0.05) is 13.8 Å². The van der Waals surface area contributed by atoms with E-state index in [0.29, 0.717) is 12.5 Å². The molecule has 0 radical (unpaired) electrons. The van der Waals surface area contributed by atoms with Crippen molar-refractivity contribution in [2.75, 3.05) is 6.61 Å². The minimum atomic E-state index is -0.212. The summed E-state index contributed by atoms with van der Waals surface area (Å²) in [6.07, 6.45) is 2.15. The minimum absolute atomic E-state index is 0.0150. The molecule has 0 aromatic heterocycles. The molecule has 0 aromatic carbocycles. The van der Waals surface area contributed by atoms with Gasteiger partial charge in [-0.3, -0.25) is 4.79 Å². The molecule has 1 saturated carbocycles. The highest BCUT2D eigenvalue weighted by atomic mass is 16.5. The first-order chi connectivity index (χ1) is 5.48. The van der Waals surface area contributed by atoms with Gasteiger partial charge >= 0.3 is 5.97 Å². The number of esters is 1. The number of carbonyl (C=O) groups excluding carboxylic acids is 1. The van der Waals surface area contributed by atoms with E-state index in [2.05, 4.69) is 20.8 Å². The summed E-state index contributed by atoms with van der Waals surface area (Å²) in [6.45, 7) is 7.09. The fourth-order valence-electron chi connectivity index (χ4n) is 2.59. The molecule has 1 saturated heterocycles. The van der Waals surface area contributed by atoms with Crippen molar-refractivity contribution >= 4 is 5.97 Å². The molecule has 2 unspecified atom stereocenters. The summed E-state index contributed by atoms with van der Waals surface area (Å²) < 4.78 is 5.16. The van der Waals surface area contributed by atoms with Gasteiger partial charge in [-0.05, 0) is 31.1 Å². The van der Waals surface area contributed by atoms with Crippen LogP contribution >= 0.6 is 0 Å². The van der Waals surface area contributed by atoms with Gasteiger partial charge in [0.05, 0.1) is 12.0 Å². The summed E-state index contributed by atoms with van der Waals surface area (Å²) in [5.41, 5.74) is -0.0712. The molecule has 2 aliphatic rings. The van der Waals surface area contributed by atoms with Gasteiger partial charge in [-0.2, -0.15) is 0 Å². The van der Waals surface area contributed by atoms with Crippen molar-refractivity contribution in [3.05, 3.63) is 0 Å². The van der Waals surface area contributed by atoms with Crippen LogP contribution in [0.15, 0.2) is 0 Å². The summed E-state index contributed by atoms with van der Waals surface area (Å²) in [5.74, 6) is 0.599. The molecule has 2 bridgehead atoms. The maximum Gasteiger partial charge on any atom is 0.312 e. The van der Waals surface area contributed by atoms with Crippen LogP contribution in [0.25, 0.3) is 0 Å². The molecule has 2 atom stereocenters. The molecule has 12 heavy (non-hydrogen) atoms. The van der Waals surface area contributed by atoms with Crippen LogP contribution in [0.5, 0.6) is 0 Å². The SMILES string of the molecule is CC12CCC(COC1=O)C2(C)C. The summed E-state index contributed by atoms with van der Waals surface area (Å²) in [6, 6.07) is 0. The molecule has 0 N–H and O–H groups in total. The highest BCUT2D eigenvalue weighted by molar-refractivity contribution is 5.79. The second-order valence-corrected chi connectivity index (χ2v) is 4.89. The van der Waals surface area contributed by atoms with Crippen LogP contribution in [0.2, 0.25) is 0 Å². The van der Waals surface area contributed by atoms with Gasteiger partial charge in [0.15, 0.2) is 0 Å². The zero-order valence-corrected chi connectivity index (χ0v) is 8.02. The minimum Gasteiger partial charge on any atom is -0.465 e. The lowest BCUT2D eigenvalue weighted by molar-refractivity contribution is -0.173. The number of fused-ring (bicyclic) bond motifs is 2. The Kier molecular flexibility index (Phi) is 1.37. The molecular formula is C10H16O2. The maximum atomic E-state index is 11.6. The number of hydrogen-bond donors (Lipinski definition) is 0. The third-order valence-corrected chi connectivity index (χ3v) is 4.30. The first-order valence-electron chi connectivity index (χ1n) is 4.66. The molecule has 1 aliphatic carbocycles. The molecule has 0 amide bonds. The van der Waals surface area contributed by atoms with Gasteiger partial charge in [0, 0.05) is 0 Å². The van der Waals surface area contributed by atoms with Crippen LogP contribution in [0.4, 0.5) is 0 Å². The van der Waals surface area contributed by atoms with Gasteiger partial charge in [-0.15, -0.1) is 0 Å². The van der Waals surface area contributed by atoms with Crippen LogP contribution in [-0.4, -0.2) is 12.6 Å². The Morgan fingerprint density at radius 3 is 2.67 bits per heavy atom. The Labute approximate surface area is 73.3 Å². The van der Waals surface area contributed by atoms with E-state index < -0.39 is 0 Å². The first kappa shape index (κ1) is 8.09. The van der Waals surface area contributed by atoms with E-state index in [1.807, 2.05) is 0 Å². The smallest absolute Gasteiger partial charge is 0.312 e. The number of ether oxygens (including phenoxy) is 1. The zero-order valence-electron chi connectivity index (χ0n) is 8.02. The van der Waals surface area contributed by atoms with Gasteiger partial charge in [0.1, 0.15) is 0 Å². The van der Waals surface area contributed by atoms with E-state index in [1.54, 1.807) is 0 Å². The quantitative estimate of drug-likeness (QED) is 0.517. The molecule has 68 valence electrons. The van der Waals surface area contributed by atoms with Gasteiger partial charge in [-0.25, -0.2) is 0 Å². The van der Waals surface area contributed by atoms with Crippen molar-refractivity contribution < 1.29 is 9.53 Å². The Balaban J connectivity index is 2.43. The van der Waals surface area contributed by atoms with Crippen LogP contribution in [0.3, 0.4) is 0 Å². The third-order valence-electron chi connectivity index (χ3n) is 4.30. The Morgan fingerprint density at radius 1 is 1.42 bits per heavy atom. The molecular weight excluding hydrogens is 152 g/mol. The van der Waals surface area contributed by atoms with Gasteiger partial charge in [0.2, 0.25) is 0 Å². The highest BCUT2D eigenvalue weighted by Gasteiger charge is 2.59. The van der Waals surface area contributed by atoms with E-state index in [0.717, 1.165) is 12.8 Å². The second-order valence-electron chi connectivity index (χ2n) is 4.89. The lowest BCUT2D eigenvalue weighted by atomic mass is 9.65. The van der Waals surface area contributed by atoms with Crippen molar-refractivity contribution in [2.24, 2.45) is 16.7 Å². The van der Waals surface area contributed by atoms with E-state index in [4.69, 9.17) is 4.74 Å². The van der Waals surface area contributed by atoms with Crippen molar-refractivity contribution in [2.45, 2.75) is 33.6 Å². The number of hydrogen-bond acceptors (Lipinski definition) is 2. The third kappa shape index (κ3) is 0.686. The van der Waals surface area contributed by atoms with Crippen LogP contribution in [0.1, 0.15) is 33.6 Å². The van der Waals surface area contributed by atoms with Crippen LogP contribution in [-0.2, 0) is 9.53 Å². The molecule has 1 aliphatic heterocycles. The van der Waals surface area contributed by atoms with E-state index in [1.165, 1.54) is 0 Å². The second kappa shape index (κ2) is 2.04. The van der Waals surface area contributed by atoms with E-state index in [9.17, 15) is 4.79 Å². The van der Waals surface area contributed by atoms with E-state index in [-0.39, 0.29) is 16.8 Å². The molecule has 0 aromatic rings. The predicted octanol–water partition coefficient (Wildman–Crippen LogP) is 1.99. The topological polar surface area (TPSA) is 26.3 Å². The van der Waals surface area contributed by atoms with Crippen LogP contribution in [0, 0.1) is 16.7 Å². The summed E-state index contributed by atoms with van der Waals surface area (Å²) in [4.78, 5) is 11.6. The van der Waals surface area contributed by atoms with Crippen LogP contribution < -0.4 is 0 Å². The Bertz CT molecular complexity index is 232. The Morgan fingerprint density at radius 2 is 2.08 bits per heavy atom. The highest BCUT2D eigenvalue weighted by Crippen LogP contribution is 2.58. The normalized spacial score (nSPS) is 44.2. The monoisotopic (exact) mass is 168 g/mol. The molecule has 2 fully saturated rings. The van der Waals surface area contributed by atoms with Crippen molar-refractivity contribution in [3.8, 4) is 0 Å². The summed E-state index contributed by atoms with van der Waals surface area (Å²) in [7, 11) is 0. The zero-order chi connectivity index (χ0) is 8.98. The number of rotatable bonds is 0. The average molecular weight is 168 g/mol. The lowest BCUT2D eigenvalue weighted by Crippen LogP contribution is -2.47. The average Bonchev–Trinajstić information content (AvgIpc) is 2.17. The molecule has 2 rings (SSSR count). The predicted molar refractivity (Wildman–Crippen MR) is 45.6 cm³/mol. The van der Waals surface area contributed by atoms with E-state index >= 15 is 0 Å². The summed E-state index contributed by atoms with van der Waals surface area (Å²) in [5, 5.41) is 0. The molecule has 1 heterocycles. The van der Waals surface area contributed by atoms with Crippen molar-refractivity contribution in [1.29, 1.82) is 0 Å². The van der Waals surface area contributed by atoms with Crippen molar-refractivity contribution in [1.82, 2.24) is 0 Å². The number of carbonyl (C=O) groups is 1. The van der Waals surface area contributed by atoms with Gasteiger partial charge < -0.3 is 4.74 Å². The number of cyclic esters (lactones) is 1. The molecule has 2 heteroatoms. The largest absolute Gasteiger partial charge is 0.465 e. The summed E-state index contributed by atoms with van der Waals surface area (Å²) >= 11 is 0. The lowest BCUT2D eigenvalue weighted by Gasteiger charge is -2.43. The Hall–Kier alpha value is -0.530. The van der Waals surface area contributed by atoms with Crippen molar-refractivity contribution in [3.63, 3.8) is 0 Å². The van der Waals surface area contributed by atoms with Gasteiger partial charge in [0.25, 0.3) is 0 Å².